The molecule has 2 aliphatic heterocycles. The summed E-state index contributed by atoms with van der Waals surface area (Å²) in [6.45, 7) is 0.609. The van der Waals surface area contributed by atoms with Gasteiger partial charge in [0.2, 0.25) is 0 Å². The first-order chi connectivity index (χ1) is 15.1. The van der Waals surface area contributed by atoms with Crippen molar-refractivity contribution in [1.82, 2.24) is 4.90 Å². The minimum Gasteiger partial charge on any atom is -0.507 e. The number of Topliss-reactive ketones (excluding diaryl/α,β-unsaturated/α-hetero) is 1. The topological polar surface area (TPSA) is 76.1 Å². The van der Waals surface area contributed by atoms with Gasteiger partial charge in [-0.3, -0.25) is 9.59 Å². The smallest absolute Gasteiger partial charge is 0.295 e. The monoisotopic (exact) mass is 419 g/mol. The van der Waals surface area contributed by atoms with Gasteiger partial charge in [0, 0.05) is 18.0 Å². The van der Waals surface area contributed by atoms with Gasteiger partial charge in [-0.15, -0.1) is 0 Å². The molecule has 1 saturated heterocycles. The van der Waals surface area contributed by atoms with Crippen molar-refractivity contribution in [2.24, 2.45) is 0 Å². The average Bonchev–Trinajstić information content (AvgIpc) is 3.53. The van der Waals surface area contributed by atoms with Crippen molar-refractivity contribution in [2.75, 3.05) is 13.7 Å². The molecule has 3 aliphatic rings. The van der Waals surface area contributed by atoms with E-state index in [1.54, 1.807) is 18.1 Å². The van der Waals surface area contributed by atoms with E-state index in [-0.39, 0.29) is 17.4 Å². The Morgan fingerprint density at radius 3 is 2.55 bits per heavy atom. The molecule has 2 aromatic rings. The van der Waals surface area contributed by atoms with Gasteiger partial charge in [-0.2, -0.15) is 0 Å². The summed E-state index contributed by atoms with van der Waals surface area (Å²) in [7, 11) is 1.59. The molecule has 0 radical (unpaired) electrons. The number of benzene rings is 2. The molecule has 31 heavy (non-hydrogen) atoms. The Hall–Kier alpha value is -3.28. The van der Waals surface area contributed by atoms with Crippen LogP contribution in [0.3, 0.4) is 0 Å². The van der Waals surface area contributed by atoms with E-state index in [1.165, 1.54) is 0 Å². The molecule has 2 aromatic carbocycles. The van der Waals surface area contributed by atoms with Crippen LogP contribution in [0.5, 0.6) is 11.5 Å². The summed E-state index contributed by atoms with van der Waals surface area (Å²) < 4.78 is 10.8. The van der Waals surface area contributed by atoms with E-state index in [0.29, 0.717) is 17.9 Å². The molecule has 0 spiro atoms. The third-order valence-electron chi connectivity index (χ3n) is 6.59. The highest BCUT2D eigenvalue weighted by molar-refractivity contribution is 6.46. The van der Waals surface area contributed by atoms with Gasteiger partial charge in [0.1, 0.15) is 17.3 Å². The molecule has 1 aliphatic carbocycles. The summed E-state index contributed by atoms with van der Waals surface area (Å²) in [5.74, 6) is 0.213. The Morgan fingerprint density at radius 1 is 1.10 bits per heavy atom. The van der Waals surface area contributed by atoms with Gasteiger partial charge in [0.05, 0.1) is 25.3 Å². The van der Waals surface area contributed by atoms with E-state index in [2.05, 4.69) is 0 Å². The predicted molar refractivity (Wildman–Crippen MR) is 115 cm³/mol. The number of carbonyl (C=O) groups is 2. The third-order valence-corrected chi connectivity index (χ3v) is 6.59. The lowest BCUT2D eigenvalue weighted by Gasteiger charge is -2.30. The molecule has 1 amide bonds. The van der Waals surface area contributed by atoms with Crippen LogP contribution in [0, 0.1) is 0 Å². The highest BCUT2D eigenvalue weighted by Gasteiger charge is 2.49. The molecular formula is C25H25NO5. The van der Waals surface area contributed by atoms with Gasteiger partial charge in [0.25, 0.3) is 11.7 Å². The summed E-state index contributed by atoms with van der Waals surface area (Å²) in [6.07, 6.45) is 4.57. The first kappa shape index (κ1) is 19.7. The van der Waals surface area contributed by atoms with E-state index in [4.69, 9.17) is 9.47 Å². The summed E-state index contributed by atoms with van der Waals surface area (Å²) in [6, 6.07) is 12.2. The SMILES string of the molecule is COc1ccc(C2/C(=C(/O)c3ccc4c(c3)CCO4)C(=O)C(=O)N2C2CCCC2)cc1. The lowest BCUT2D eigenvalue weighted by Crippen LogP contribution is -2.37. The fraction of sp³-hybridized carbons (Fsp3) is 0.360. The summed E-state index contributed by atoms with van der Waals surface area (Å²) in [4.78, 5) is 28.0. The van der Waals surface area contributed by atoms with E-state index in [1.807, 2.05) is 36.4 Å². The second-order valence-electron chi connectivity index (χ2n) is 8.34. The molecule has 5 rings (SSSR count). The maximum Gasteiger partial charge on any atom is 0.295 e. The van der Waals surface area contributed by atoms with Crippen LogP contribution in [-0.2, 0) is 16.0 Å². The van der Waals surface area contributed by atoms with Gasteiger partial charge in [-0.05, 0) is 54.3 Å². The Kier molecular flexibility index (Phi) is 4.93. The molecule has 0 aromatic heterocycles. The largest absolute Gasteiger partial charge is 0.507 e. The number of ketones is 1. The second kappa shape index (κ2) is 7.76. The fourth-order valence-electron chi connectivity index (χ4n) is 5.01. The molecule has 1 N–H and O–H groups in total. The summed E-state index contributed by atoms with van der Waals surface area (Å²) in [5.41, 5.74) is 2.47. The second-order valence-corrected chi connectivity index (χ2v) is 8.34. The zero-order valence-corrected chi connectivity index (χ0v) is 17.5. The molecule has 0 bridgehead atoms. The number of rotatable bonds is 4. The maximum absolute atomic E-state index is 13.2. The van der Waals surface area contributed by atoms with Gasteiger partial charge in [-0.1, -0.05) is 25.0 Å². The molecular weight excluding hydrogens is 394 g/mol. The number of hydrogen-bond acceptors (Lipinski definition) is 5. The fourth-order valence-corrected chi connectivity index (χ4v) is 5.01. The number of carbonyl (C=O) groups excluding carboxylic acids is 2. The first-order valence-corrected chi connectivity index (χ1v) is 10.8. The number of fused-ring (bicyclic) bond motifs is 1. The zero-order valence-electron chi connectivity index (χ0n) is 17.5. The van der Waals surface area contributed by atoms with Gasteiger partial charge >= 0.3 is 0 Å². The van der Waals surface area contributed by atoms with Crippen molar-refractivity contribution >= 4 is 17.4 Å². The van der Waals surface area contributed by atoms with Crippen LogP contribution in [0.15, 0.2) is 48.0 Å². The molecule has 1 atom stereocenters. The lowest BCUT2D eigenvalue weighted by molar-refractivity contribution is -0.141. The van der Waals surface area contributed by atoms with E-state index in [9.17, 15) is 14.7 Å². The number of amides is 1. The number of nitrogens with zero attached hydrogens (tertiary/aromatic N) is 1. The minimum absolute atomic E-state index is 0.00210. The predicted octanol–water partition coefficient (Wildman–Crippen LogP) is 3.99. The highest BCUT2D eigenvalue weighted by atomic mass is 16.5. The van der Waals surface area contributed by atoms with Crippen LogP contribution < -0.4 is 9.47 Å². The molecule has 6 heteroatoms. The van der Waals surface area contributed by atoms with Gasteiger partial charge < -0.3 is 19.5 Å². The van der Waals surface area contributed by atoms with E-state index < -0.39 is 17.7 Å². The molecule has 6 nitrogen and oxygen atoms in total. The number of methoxy groups -OCH3 is 1. The molecule has 1 unspecified atom stereocenters. The van der Waals surface area contributed by atoms with Crippen LogP contribution in [-0.4, -0.2) is 41.5 Å². The quantitative estimate of drug-likeness (QED) is 0.461. The first-order valence-electron chi connectivity index (χ1n) is 10.8. The Labute approximate surface area is 181 Å². The molecule has 160 valence electrons. The van der Waals surface area contributed by atoms with Crippen molar-refractivity contribution in [1.29, 1.82) is 0 Å². The lowest BCUT2D eigenvalue weighted by atomic mass is 9.94. The summed E-state index contributed by atoms with van der Waals surface area (Å²) in [5, 5.41) is 11.2. The van der Waals surface area contributed by atoms with Crippen LogP contribution in [0.4, 0.5) is 0 Å². The summed E-state index contributed by atoms with van der Waals surface area (Å²) >= 11 is 0. The standard InChI is InChI=1S/C25H25NO5/c1-30-19-9-6-15(7-10-19)22-21(24(28)25(29)26(22)18-4-2-3-5-18)23(27)17-8-11-20-16(14-17)12-13-31-20/h6-11,14,18,22,27H,2-5,12-13H2,1H3/b23-21-. The highest BCUT2D eigenvalue weighted by Crippen LogP contribution is 2.44. The van der Waals surface area contributed by atoms with Crippen molar-refractivity contribution < 1.29 is 24.2 Å². The number of hydrogen-bond donors (Lipinski definition) is 1. The zero-order chi connectivity index (χ0) is 21.5. The van der Waals surface area contributed by atoms with Gasteiger partial charge in [-0.25, -0.2) is 0 Å². The molecule has 2 fully saturated rings. The van der Waals surface area contributed by atoms with Crippen molar-refractivity contribution in [3.8, 4) is 11.5 Å². The Morgan fingerprint density at radius 2 is 1.84 bits per heavy atom. The van der Waals surface area contributed by atoms with Crippen molar-refractivity contribution in [3.63, 3.8) is 0 Å². The minimum atomic E-state index is -0.623. The Bertz CT molecular complexity index is 1070. The number of aliphatic hydroxyl groups is 1. The maximum atomic E-state index is 13.2. The van der Waals surface area contributed by atoms with Crippen molar-refractivity contribution in [2.45, 2.75) is 44.2 Å². The van der Waals surface area contributed by atoms with E-state index >= 15 is 0 Å². The molecule has 2 heterocycles. The Balaban J connectivity index is 1.64. The van der Waals surface area contributed by atoms with Gasteiger partial charge in [0.15, 0.2) is 0 Å². The average molecular weight is 419 g/mol. The van der Waals surface area contributed by atoms with Crippen molar-refractivity contribution in [3.05, 3.63) is 64.7 Å². The van der Waals surface area contributed by atoms with Crippen LogP contribution in [0.1, 0.15) is 48.4 Å². The van der Waals surface area contributed by atoms with E-state index in [0.717, 1.165) is 49.0 Å². The number of likely N-dealkylation sites (tertiary alicyclic amines) is 1. The molecule has 1 saturated carbocycles. The normalized spacial score (nSPS) is 22.6. The van der Waals surface area contributed by atoms with Crippen LogP contribution >= 0.6 is 0 Å². The number of aliphatic hydroxyl groups excluding tert-OH is 1. The van der Waals surface area contributed by atoms with Crippen LogP contribution in [0.2, 0.25) is 0 Å². The van der Waals surface area contributed by atoms with Crippen LogP contribution in [0.25, 0.3) is 5.76 Å². The number of ether oxygens (including phenoxy) is 2. The third kappa shape index (κ3) is 3.26.